The van der Waals surface area contributed by atoms with Crippen LogP contribution in [0.25, 0.3) is 0 Å². The lowest BCUT2D eigenvalue weighted by molar-refractivity contribution is -0.154. The van der Waals surface area contributed by atoms with Crippen molar-refractivity contribution in [1.82, 2.24) is 4.90 Å². The van der Waals surface area contributed by atoms with E-state index in [1.165, 1.54) is 0 Å². The molecule has 2 fully saturated rings. The van der Waals surface area contributed by atoms with Crippen molar-refractivity contribution in [2.45, 2.75) is 74.3 Å². The van der Waals surface area contributed by atoms with E-state index in [-0.39, 0.29) is 40.8 Å². The number of nitrogens with zero attached hydrogens (tertiary/aromatic N) is 1. The van der Waals surface area contributed by atoms with E-state index >= 15 is 0 Å². The average molecular weight is 366 g/mol. The number of rotatable bonds is 5. The lowest BCUT2D eigenvalue weighted by Gasteiger charge is -2.36. The van der Waals surface area contributed by atoms with Gasteiger partial charge in [0.25, 0.3) is 0 Å². The average Bonchev–Trinajstić information content (AvgIpc) is 2.81. The van der Waals surface area contributed by atoms with Crippen LogP contribution in [0.4, 0.5) is 0 Å². The number of aliphatic carboxylic acids is 1. The molecular formula is C21H35NO4. The van der Waals surface area contributed by atoms with E-state index in [0.29, 0.717) is 13.0 Å². The predicted octanol–water partition coefficient (Wildman–Crippen LogP) is 3.61. The number of ketones is 1. The number of piperidine rings is 1. The molecule has 5 nitrogen and oxygen atoms in total. The van der Waals surface area contributed by atoms with Crippen LogP contribution < -0.4 is 0 Å². The van der Waals surface area contributed by atoms with Crippen molar-refractivity contribution >= 4 is 17.7 Å². The van der Waals surface area contributed by atoms with Gasteiger partial charge in [-0.15, -0.1) is 0 Å². The van der Waals surface area contributed by atoms with E-state index in [0.717, 1.165) is 0 Å². The molecule has 1 N–H and O–H groups in total. The van der Waals surface area contributed by atoms with E-state index in [4.69, 9.17) is 0 Å². The zero-order chi connectivity index (χ0) is 20.2. The van der Waals surface area contributed by atoms with Gasteiger partial charge in [-0.2, -0.15) is 0 Å². The van der Waals surface area contributed by atoms with Crippen molar-refractivity contribution in [2.24, 2.45) is 34.0 Å². The molecule has 0 spiro atoms. The van der Waals surface area contributed by atoms with Gasteiger partial charge in [-0.3, -0.25) is 9.59 Å². The van der Waals surface area contributed by atoms with Crippen LogP contribution >= 0.6 is 0 Å². The first kappa shape index (κ1) is 20.9. The van der Waals surface area contributed by atoms with E-state index < -0.39 is 23.3 Å². The maximum Gasteiger partial charge on any atom is 0.326 e. The third-order valence-electron chi connectivity index (χ3n) is 6.25. The highest BCUT2D eigenvalue weighted by Crippen LogP contribution is 2.65. The van der Waals surface area contributed by atoms with Gasteiger partial charge in [0.2, 0.25) is 5.91 Å². The van der Waals surface area contributed by atoms with Crippen LogP contribution in [0, 0.1) is 34.0 Å². The number of hydrogen-bond donors (Lipinski definition) is 1. The SMILES string of the molecule is CC(C)(C)CC(=O)C[C@H](C(=O)N1CC2[C@@H]([C@H]1C(=O)O)C2(C)C)C(C)(C)C. The molecule has 1 amide bonds. The summed E-state index contributed by atoms with van der Waals surface area (Å²) in [5, 5.41) is 9.72. The minimum absolute atomic E-state index is 0.0148. The van der Waals surface area contributed by atoms with Crippen LogP contribution in [0.1, 0.15) is 68.2 Å². The summed E-state index contributed by atoms with van der Waals surface area (Å²) in [6.07, 6.45) is 0.606. The summed E-state index contributed by atoms with van der Waals surface area (Å²) in [6.45, 7) is 16.5. The van der Waals surface area contributed by atoms with Crippen molar-refractivity contribution in [3.63, 3.8) is 0 Å². The molecule has 1 aliphatic carbocycles. The Hall–Kier alpha value is -1.39. The van der Waals surface area contributed by atoms with Crippen LogP contribution in [0.3, 0.4) is 0 Å². The van der Waals surface area contributed by atoms with Gasteiger partial charge in [-0.25, -0.2) is 4.79 Å². The standard InChI is InChI=1S/C21H35NO4/c1-19(2,3)10-12(23)9-13(20(4,5)6)17(24)22-11-14-15(21(14,7)8)16(22)18(25)26/h13-16H,9-11H2,1-8H3,(H,25,26)/t13-,14?,15+,16+/m1/s1. The molecule has 4 atom stereocenters. The Bertz CT molecular complexity index is 608. The van der Waals surface area contributed by atoms with Gasteiger partial charge in [0, 0.05) is 31.2 Å². The maximum atomic E-state index is 13.3. The maximum absolute atomic E-state index is 13.3. The Kier molecular flexibility index (Phi) is 5.11. The highest BCUT2D eigenvalue weighted by Gasteiger charge is 2.69. The summed E-state index contributed by atoms with van der Waals surface area (Å²) in [6, 6.07) is -0.759. The Morgan fingerprint density at radius 1 is 1.12 bits per heavy atom. The lowest BCUT2D eigenvalue weighted by Crippen LogP contribution is -2.50. The fraction of sp³-hybridized carbons (Fsp3) is 0.857. The fourth-order valence-electron chi connectivity index (χ4n) is 4.65. The topological polar surface area (TPSA) is 74.7 Å². The molecule has 1 aliphatic heterocycles. The molecule has 5 heteroatoms. The van der Waals surface area contributed by atoms with Gasteiger partial charge >= 0.3 is 5.97 Å². The second kappa shape index (κ2) is 6.35. The van der Waals surface area contributed by atoms with E-state index in [1.54, 1.807) is 4.90 Å². The summed E-state index contributed by atoms with van der Waals surface area (Å²) in [7, 11) is 0. The summed E-state index contributed by atoms with van der Waals surface area (Å²) in [5.41, 5.74) is -0.527. The largest absolute Gasteiger partial charge is 0.480 e. The van der Waals surface area contributed by atoms with Gasteiger partial charge in [0.15, 0.2) is 0 Å². The second-order valence-electron chi connectivity index (χ2n) is 11.1. The van der Waals surface area contributed by atoms with Crippen LogP contribution in [0.2, 0.25) is 0 Å². The Morgan fingerprint density at radius 3 is 2.08 bits per heavy atom. The molecule has 26 heavy (non-hydrogen) atoms. The van der Waals surface area contributed by atoms with Crippen LogP contribution in [0.5, 0.6) is 0 Å². The Labute approximate surface area is 157 Å². The summed E-state index contributed by atoms with van der Waals surface area (Å²) >= 11 is 0. The molecular weight excluding hydrogens is 330 g/mol. The zero-order valence-electron chi connectivity index (χ0n) is 17.5. The predicted molar refractivity (Wildman–Crippen MR) is 101 cm³/mol. The third-order valence-corrected chi connectivity index (χ3v) is 6.25. The lowest BCUT2D eigenvalue weighted by atomic mass is 9.75. The molecule has 1 unspecified atom stereocenters. The smallest absolute Gasteiger partial charge is 0.326 e. The van der Waals surface area contributed by atoms with Crippen molar-refractivity contribution < 1.29 is 19.5 Å². The number of hydrogen-bond acceptors (Lipinski definition) is 3. The summed E-state index contributed by atoms with van der Waals surface area (Å²) in [4.78, 5) is 39.2. The quantitative estimate of drug-likeness (QED) is 0.807. The van der Waals surface area contributed by atoms with Crippen LogP contribution in [0.15, 0.2) is 0 Å². The minimum Gasteiger partial charge on any atom is -0.480 e. The van der Waals surface area contributed by atoms with Gasteiger partial charge in [-0.1, -0.05) is 55.4 Å². The van der Waals surface area contributed by atoms with Crippen LogP contribution in [-0.2, 0) is 14.4 Å². The van der Waals surface area contributed by atoms with Gasteiger partial charge in [0.1, 0.15) is 11.8 Å². The first-order valence-electron chi connectivity index (χ1n) is 9.62. The fourth-order valence-corrected chi connectivity index (χ4v) is 4.65. The molecule has 0 aromatic heterocycles. The van der Waals surface area contributed by atoms with Crippen molar-refractivity contribution in [3.05, 3.63) is 0 Å². The van der Waals surface area contributed by atoms with Crippen molar-refractivity contribution in [2.75, 3.05) is 6.54 Å². The summed E-state index contributed by atoms with van der Waals surface area (Å²) in [5.74, 6) is -1.24. The number of amides is 1. The molecule has 1 heterocycles. The number of likely N-dealkylation sites (tertiary alicyclic amines) is 1. The highest BCUT2D eigenvalue weighted by atomic mass is 16.4. The Balaban J connectivity index is 2.20. The molecule has 1 saturated heterocycles. The number of carbonyl (C=O) groups is 3. The summed E-state index contributed by atoms with van der Waals surface area (Å²) < 4.78 is 0. The van der Waals surface area contributed by atoms with Crippen molar-refractivity contribution in [1.29, 1.82) is 0 Å². The van der Waals surface area contributed by atoms with E-state index in [9.17, 15) is 19.5 Å². The molecule has 1 saturated carbocycles. The minimum atomic E-state index is -0.926. The van der Waals surface area contributed by atoms with E-state index in [1.807, 2.05) is 41.5 Å². The zero-order valence-corrected chi connectivity index (χ0v) is 17.5. The highest BCUT2D eigenvalue weighted by molar-refractivity contribution is 5.91. The monoisotopic (exact) mass is 365 g/mol. The number of carbonyl (C=O) groups excluding carboxylic acids is 2. The van der Waals surface area contributed by atoms with Gasteiger partial charge in [0.05, 0.1) is 0 Å². The molecule has 2 aliphatic rings. The first-order valence-corrected chi connectivity index (χ1v) is 9.62. The van der Waals surface area contributed by atoms with E-state index in [2.05, 4.69) is 13.8 Å². The van der Waals surface area contributed by atoms with Crippen LogP contribution in [-0.4, -0.2) is 40.3 Å². The van der Waals surface area contributed by atoms with Gasteiger partial charge < -0.3 is 10.0 Å². The number of fused-ring (bicyclic) bond motifs is 1. The first-order chi connectivity index (χ1) is 11.6. The van der Waals surface area contributed by atoms with Gasteiger partial charge in [-0.05, 0) is 22.2 Å². The Morgan fingerprint density at radius 2 is 1.65 bits per heavy atom. The second-order valence-corrected chi connectivity index (χ2v) is 11.1. The van der Waals surface area contributed by atoms with Crippen molar-refractivity contribution in [3.8, 4) is 0 Å². The molecule has 0 bridgehead atoms. The number of carboxylic acid groups (broad SMARTS) is 1. The molecule has 2 rings (SSSR count). The normalized spacial score (nSPS) is 28.5. The molecule has 0 aromatic rings. The molecule has 0 radical (unpaired) electrons. The molecule has 148 valence electrons. The molecule has 0 aromatic carbocycles. The third kappa shape index (κ3) is 3.96. The number of carboxylic acids is 1. The number of Topliss-reactive ketones (excluding diaryl/α,β-unsaturated/α-hetero) is 1.